The number of carbonyl (C=O) groups excluding carboxylic acids is 2. The van der Waals surface area contributed by atoms with Crippen LogP contribution >= 0.6 is 15.9 Å². The lowest BCUT2D eigenvalue weighted by Crippen LogP contribution is -2.42. The van der Waals surface area contributed by atoms with Gasteiger partial charge in [-0.15, -0.1) is 0 Å². The highest BCUT2D eigenvalue weighted by Gasteiger charge is 2.45. The van der Waals surface area contributed by atoms with Gasteiger partial charge < -0.3 is 14.6 Å². The van der Waals surface area contributed by atoms with E-state index in [4.69, 9.17) is 9.47 Å². The fourth-order valence-electron chi connectivity index (χ4n) is 3.00. The normalized spacial score (nSPS) is 24.9. The largest absolute Gasteiger partial charge is 0.464 e. The zero-order valence-corrected chi connectivity index (χ0v) is 19.0. The monoisotopic (exact) mass is 462 g/mol. The van der Waals surface area contributed by atoms with E-state index in [1.807, 2.05) is 19.1 Å². The van der Waals surface area contributed by atoms with Gasteiger partial charge in [0.25, 0.3) is 0 Å². The molecule has 0 saturated carbocycles. The first-order chi connectivity index (χ1) is 13.6. The molecular formula is C23H27BrO5. The standard InChI is InChI=1S/C23H27BrO5/c1-6-14(3)10-15(4)8-9-16-11-17-18(13-29-16)19(12-20(25)28-7-2)23(5,27)22(26)21(17)24/h8-14,27H,6-7H2,1-5H3/t14-,23?/m0/s1. The van der Waals surface area contributed by atoms with Gasteiger partial charge >= 0.3 is 5.97 Å². The molecule has 0 fully saturated rings. The molecule has 1 unspecified atom stereocenters. The second-order valence-corrected chi connectivity index (χ2v) is 8.06. The second-order valence-electron chi connectivity index (χ2n) is 7.26. The molecule has 5 nitrogen and oxygen atoms in total. The van der Waals surface area contributed by atoms with Gasteiger partial charge in [0.15, 0.2) is 5.60 Å². The summed E-state index contributed by atoms with van der Waals surface area (Å²) in [6, 6.07) is 0. The van der Waals surface area contributed by atoms with Crippen molar-refractivity contribution in [2.75, 3.05) is 6.61 Å². The van der Waals surface area contributed by atoms with Gasteiger partial charge in [0.05, 0.1) is 17.4 Å². The summed E-state index contributed by atoms with van der Waals surface area (Å²) >= 11 is 3.30. The number of ketones is 1. The maximum atomic E-state index is 12.7. The fraction of sp³-hybridized carbons (Fsp3) is 0.391. The van der Waals surface area contributed by atoms with Crippen molar-refractivity contribution in [3.63, 3.8) is 0 Å². The van der Waals surface area contributed by atoms with E-state index in [-0.39, 0.29) is 16.7 Å². The maximum Gasteiger partial charge on any atom is 0.331 e. The Hall–Kier alpha value is -2.18. The summed E-state index contributed by atoms with van der Waals surface area (Å²) in [6.45, 7) is 9.54. The van der Waals surface area contributed by atoms with Crippen molar-refractivity contribution < 1.29 is 24.2 Å². The third kappa shape index (κ3) is 5.25. The van der Waals surface area contributed by atoms with Crippen LogP contribution in [0.3, 0.4) is 0 Å². The number of carbonyl (C=O) groups is 2. The van der Waals surface area contributed by atoms with E-state index >= 15 is 0 Å². The summed E-state index contributed by atoms with van der Waals surface area (Å²) in [5.74, 6) is -0.135. The molecule has 2 atom stereocenters. The summed E-state index contributed by atoms with van der Waals surface area (Å²) in [5, 5.41) is 10.8. The average molecular weight is 463 g/mol. The fourth-order valence-corrected chi connectivity index (χ4v) is 3.71. The zero-order valence-electron chi connectivity index (χ0n) is 17.4. The number of allylic oxidation sites excluding steroid dienone is 6. The molecule has 2 aliphatic rings. The van der Waals surface area contributed by atoms with Crippen LogP contribution in [0.15, 0.2) is 69.2 Å². The van der Waals surface area contributed by atoms with Crippen LogP contribution < -0.4 is 0 Å². The van der Waals surface area contributed by atoms with Crippen LogP contribution in [0.1, 0.15) is 41.0 Å². The highest BCUT2D eigenvalue weighted by Crippen LogP contribution is 2.43. The van der Waals surface area contributed by atoms with E-state index in [1.54, 1.807) is 13.0 Å². The van der Waals surface area contributed by atoms with Crippen LogP contribution in [0, 0.1) is 5.92 Å². The Balaban J connectivity index is 2.42. The number of rotatable bonds is 6. The topological polar surface area (TPSA) is 72.8 Å². The molecule has 0 bridgehead atoms. The van der Waals surface area contributed by atoms with E-state index < -0.39 is 17.4 Å². The van der Waals surface area contributed by atoms with Gasteiger partial charge in [0, 0.05) is 22.8 Å². The number of ether oxygens (including phenoxy) is 2. The summed E-state index contributed by atoms with van der Waals surface area (Å²) in [7, 11) is 0. The Morgan fingerprint density at radius 2 is 2.10 bits per heavy atom. The molecule has 2 rings (SSSR count). The zero-order chi connectivity index (χ0) is 21.8. The molecule has 0 spiro atoms. The Labute approximate surface area is 180 Å². The first kappa shape index (κ1) is 23.1. The van der Waals surface area contributed by atoms with Crippen molar-refractivity contribution >= 4 is 27.7 Å². The molecule has 6 heteroatoms. The van der Waals surface area contributed by atoms with E-state index in [9.17, 15) is 14.7 Å². The second kappa shape index (κ2) is 9.55. The molecule has 156 valence electrons. The Morgan fingerprint density at radius 1 is 1.41 bits per heavy atom. The lowest BCUT2D eigenvalue weighted by Gasteiger charge is -2.33. The molecule has 29 heavy (non-hydrogen) atoms. The number of halogens is 1. The lowest BCUT2D eigenvalue weighted by molar-refractivity contribution is -0.137. The SMILES string of the molecule is CCOC(=O)C=C1C2=COC(C=CC(C)=C[C@@H](C)CC)=CC2=C(Br)C(=O)C1(C)O. The van der Waals surface area contributed by atoms with Crippen LogP contribution in [0.5, 0.6) is 0 Å². The van der Waals surface area contributed by atoms with Gasteiger partial charge in [0.2, 0.25) is 5.78 Å². The molecule has 0 amide bonds. The van der Waals surface area contributed by atoms with Gasteiger partial charge in [-0.1, -0.05) is 38.0 Å². The molecule has 0 radical (unpaired) electrons. The van der Waals surface area contributed by atoms with E-state index in [0.29, 0.717) is 22.8 Å². The predicted octanol–water partition coefficient (Wildman–Crippen LogP) is 4.81. The van der Waals surface area contributed by atoms with Crippen molar-refractivity contribution in [2.45, 2.75) is 46.6 Å². The third-order valence-corrected chi connectivity index (χ3v) is 5.62. The minimum Gasteiger partial charge on any atom is -0.464 e. The molecule has 1 aliphatic heterocycles. The van der Waals surface area contributed by atoms with Gasteiger partial charge in [-0.3, -0.25) is 4.79 Å². The van der Waals surface area contributed by atoms with Crippen molar-refractivity contribution in [1.82, 2.24) is 0 Å². The van der Waals surface area contributed by atoms with Gasteiger partial charge in [-0.25, -0.2) is 4.79 Å². The van der Waals surface area contributed by atoms with Crippen molar-refractivity contribution in [1.29, 1.82) is 0 Å². The van der Waals surface area contributed by atoms with Gasteiger partial charge in [0.1, 0.15) is 5.76 Å². The average Bonchev–Trinajstić information content (AvgIpc) is 2.68. The Kier molecular flexibility index (Phi) is 7.60. The van der Waals surface area contributed by atoms with E-state index in [0.717, 1.165) is 18.1 Å². The lowest BCUT2D eigenvalue weighted by atomic mass is 9.77. The number of fused-ring (bicyclic) bond motifs is 1. The smallest absolute Gasteiger partial charge is 0.331 e. The van der Waals surface area contributed by atoms with Gasteiger partial charge in [-0.05, 0) is 54.8 Å². The number of hydrogen-bond donors (Lipinski definition) is 1. The van der Waals surface area contributed by atoms with E-state index in [2.05, 4.69) is 35.9 Å². The minimum absolute atomic E-state index is 0.145. The predicted molar refractivity (Wildman–Crippen MR) is 116 cm³/mol. The summed E-state index contributed by atoms with van der Waals surface area (Å²) in [5.41, 5.74) is 0.384. The Morgan fingerprint density at radius 3 is 2.72 bits per heavy atom. The van der Waals surface area contributed by atoms with Crippen LogP contribution in [0.4, 0.5) is 0 Å². The van der Waals surface area contributed by atoms with Crippen LogP contribution in [0.2, 0.25) is 0 Å². The molecule has 0 aromatic carbocycles. The van der Waals surface area contributed by atoms with Crippen LogP contribution in [-0.4, -0.2) is 29.1 Å². The van der Waals surface area contributed by atoms with Gasteiger partial charge in [-0.2, -0.15) is 0 Å². The quantitative estimate of drug-likeness (QED) is 0.348. The summed E-state index contributed by atoms with van der Waals surface area (Å²) in [6.07, 6.45) is 11.3. The molecule has 1 aliphatic carbocycles. The van der Waals surface area contributed by atoms with Crippen molar-refractivity contribution in [2.24, 2.45) is 5.92 Å². The summed E-state index contributed by atoms with van der Waals surface area (Å²) in [4.78, 5) is 24.7. The first-order valence-electron chi connectivity index (χ1n) is 9.63. The molecule has 1 N–H and O–H groups in total. The number of esters is 1. The molecule has 0 saturated heterocycles. The summed E-state index contributed by atoms with van der Waals surface area (Å²) < 4.78 is 10.9. The van der Waals surface area contributed by atoms with Crippen LogP contribution in [0.25, 0.3) is 0 Å². The maximum absolute atomic E-state index is 12.7. The molecular weight excluding hydrogens is 436 g/mol. The van der Waals surface area contributed by atoms with Crippen molar-refractivity contribution in [3.8, 4) is 0 Å². The number of aliphatic hydroxyl groups is 1. The highest BCUT2D eigenvalue weighted by molar-refractivity contribution is 9.12. The van der Waals surface area contributed by atoms with Crippen molar-refractivity contribution in [3.05, 3.63) is 69.2 Å². The Bertz CT molecular complexity index is 881. The minimum atomic E-state index is -1.87. The third-order valence-electron chi connectivity index (χ3n) is 4.83. The van der Waals surface area contributed by atoms with E-state index in [1.165, 1.54) is 13.2 Å². The van der Waals surface area contributed by atoms with Crippen LogP contribution in [-0.2, 0) is 19.1 Å². The number of Topliss-reactive ketones (excluding diaryl/α,β-unsaturated/α-hetero) is 1. The molecule has 1 heterocycles. The highest BCUT2D eigenvalue weighted by atomic mass is 79.9. The molecule has 0 aromatic heterocycles. The number of hydrogen-bond acceptors (Lipinski definition) is 5. The molecule has 0 aromatic rings. The first-order valence-corrected chi connectivity index (χ1v) is 10.4.